The van der Waals surface area contributed by atoms with Crippen molar-refractivity contribution in [3.63, 3.8) is 0 Å². The Bertz CT molecular complexity index is 1010. The summed E-state index contributed by atoms with van der Waals surface area (Å²) >= 11 is 12.1. The van der Waals surface area contributed by atoms with E-state index in [1.54, 1.807) is 24.1 Å². The third-order valence-electron chi connectivity index (χ3n) is 6.72. The maximum atomic E-state index is 13.9. The van der Waals surface area contributed by atoms with E-state index in [2.05, 4.69) is 5.32 Å². The van der Waals surface area contributed by atoms with Gasteiger partial charge >= 0.3 is 0 Å². The summed E-state index contributed by atoms with van der Waals surface area (Å²) < 4.78 is 11.4. The van der Waals surface area contributed by atoms with Gasteiger partial charge < -0.3 is 19.7 Å². The molecule has 1 saturated carbocycles. The van der Waals surface area contributed by atoms with Crippen LogP contribution >= 0.6 is 23.2 Å². The topological polar surface area (TPSA) is 67.9 Å². The van der Waals surface area contributed by atoms with Gasteiger partial charge in [0.05, 0.1) is 13.7 Å². The minimum Gasteiger partial charge on any atom is -0.493 e. The lowest BCUT2D eigenvalue weighted by Crippen LogP contribution is -2.47. The van der Waals surface area contributed by atoms with Crippen molar-refractivity contribution in [1.29, 1.82) is 0 Å². The maximum Gasteiger partial charge on any atom is 0.247 e. The van der Waals surface area contributed by atoms with Crippen LogP contribution in [0.4, 0.5) is 0 Å². The molecule has 1 unspecified atom stereocenters. The first-order valence-corrected chi connectivity index (χ1v) is 14.1. The van der Waals surface area contributed by atoms with E-state index in [0.717, 1.165) is 37.7 Å². The Morgan fingerprint density at radius 1 is 1.05 bits per heavy atom. The summed E-state index contributed by atoms with van der Waals surface area (Å²) in [6, 6.07) is 12.2. The minimum absolute atomic E-state index is 0.0933. The van der Waals surface area contributed by atoms with Gasteiger partial charge in [-0.3, -0.25) is 9.59 Å². The highest BCUT2D eigenvalue weighted by atomic mass is 35.5. The molecule has 2 amide bonds. The number of halogens is 2. The Hall–Kier alpha value is -2.44. The van der Waals surface area contributed by atoms with Crippen LogP contribution in [-0.4, -0.2) is 48.9 Å². The number of ether oxygens (including phenoxy) is 2. The first-order chi connectivity index (χ1) is 18.0. The summed E-state index contributed by atoms with van der Waals surface area (Å²) in [6.45, 7) is 2.91. The Morgan fingerprint density at radius 3 is 2.38 bits per heavy atom. The summed E-state index contributed by atoms with van der Waals surface area (Å²) in [5, 5.41) is 3.89. The molecule has 37 heavy (non-hydrogen) atoms. The molecule has 2 aromatic rings. The van der Waals surface area contributed by atoms with Gasteiger partial charge in [0.15, 0.2) is 11.5 Å². The molecule has 0 spiro atoms. The second-order valence-corrected chi connectivity index (χ2v) is 10.2. The predicted molar refractivity (Wildman–Crippen MR) is 149 cm³/mol. The van der Waals surface area contributed by atoms with E-state index in [0.29, 0.717) is 41.7 Å². The highest BCUT2D eigenvalue weighted by molar-refractivity contribution is 6.30. The van der Waals surface area contributed by atoms with Crippen LogP contribution < -0.4 is 14.8 Å². The molecule has 202 valence electrons. The molecule has 0 bridgehead atoms. The summed E-state index contributed by atoms with van der Waals surface area (Å²) in [5.41, 5.74) is 1.67. The average molecular weight is 550 g/mol. The van der Waals surface area contributed by atoms with Gasteiger partial charge in [0.2, 0.25) is 11.8 Å². The van der Waals surface area contributed by atoms with Crippen molar-refractivity contribution in [3.8, 4) is 11.5 Å². The summed E-state index contributed by atoms with van der Waals surface area (Å²) in [5.74, 6) is 0.400. The van der Waals surface area contributed by atoms with Crippen LogP contribution in [0, 0.1) is 0 Å². The Labute approximate surface area is 230 Å². The molecule has 1 atom stereocenters. The van der Waals surface area contributed by atoms with Gasteiger partial charge in [-0.2, -0.15) is 0 Å². The molecule has 3 rings (SSSR count). The van der Waals surface area contributed by atoms with E-state index in [1.807, 2.05) is 37.3 Å². The molecule has 0 aromatic heterocycles. The van der Waals surface area contributed by atoms with Gasteiger partial charge in [0.25, 0.3) is 0 Å². The van der Waals surface area contributed by atoms with Gasteiger partial charge in [-0.15, -0.1) is 11.6 Å². The Morgan fingerprint density at radius 2 is 1.76 bits per heavy atom. The first-order valence-electron chi connectivity index (χ1n) is 13.2. The zero-order chi connectivity index (χ0) is 26.6. The summed E-state index contributed by atoms with van der Waals surface area (Å²) in [7, 11) is 1.57. The zero-order valence-electron chi connectivity index (χ0n) is 21.8. The SMILES string of the molecule is CCCOc1ccc(C(C(=O)NC2CCCCCC2)N(CCc2ccc(Cl)cc2)C(=O)CCl)cc1OC. The first kappa shape index (κ1) is 29.1. The number of carbonyl (C=O) groups is 2. The van der Waals surface area contributed by atoms with Crippen LogP contribution in [-0.2, 0) is 16.0 Å². The molecule has 0 heterocycles. The maximum absolute atomic E-state index is 13.9. The van der Waals surface area contributed by atoms with Gasteiger partial charge in [-0.25, -0.2) is 0 Å². The third kappa shape index (κ3) is 8.54. The molecule has 1 N–H and O–H groups in total. The van der Waals surface area contributed by atoms with Gasteiger partial charge in [-0.05, 0) is 61.1 Å². The highest BCUT2D eigenvalue weighted by Gasteiger charge is 2.33. The molecular weight excluding hydrogens is 511 g/mol. The van der Waals surface area contributed by atoms with Crippen LogP contribution in [0.2, 0.25) is 5.02 Å². The third-order valence-corrected chi connectivity index (χ3v) is 7.20. The van der Waals surface area contributed by atoms with Crippen molar-refractivity contribution >= 4 is 35.0 Å². The van der Waals surface area contributed by atoms with E-state index in [-0.39, 0.29) is 23.7 Å². The number of alkyl halides is 1. The quantitative estimate of drug-likeness (QED) is 0.248. The second kappa shape index (κ2) is 15.1. The number of methoxy groups -OCH3 is 1. The predicted octanol–water partition coefficient (Wildman–Crippen LogP) is 6.33. The number of nitrogens with zero attached hydrogens (tertiary/aromatic N) is 1. The fourth-order valence-corrected chi connectivity index (χ4v) is 5.02. The van der Waals surface area contributed by atoms with E-state index < -0.39 is 6.04 Å². The lowest BCUT2D eigenvalue weighted by Gasteiger charge is -2.32. The summed E-state index contributed by atoms with van der Waals surface area (Å²) in [4.78, 5) is 28.6. The summed E-state index contributed by atoms with van der Waals surface area (Å²) in [6.07, 6.45) is 7.86. The van der Waals surface area contributed by atoms with Crippen LogP contribution in [0.15, 0.2) is 42.5 Å². The highest BCUT2D eigenvalue weighted by Crippen LogP contribution is 2.33. The van der Waals surface area contributed by atoms with Gasteiger partial charge in [0.1, 0.15) is 11.9 Å². The molecule has 0 aliphatic heterocycles. The number of hydrogen-bond donors (Lipinski definition) is 1. The van der Waals surface area contributed by atoms with E-state index >= 15 is 0 Å². The number of rotatable bonds is 12. The van der Waals surface area contributed by atoms with Crippen LogP contribution in [0.5, 0.6) is 11.5 Å². The monoisotopic (exact) mass is 548 g/mol. The number of hydrogen-bond acceptors (Lipinski definition) is 4. The Balaban J connectivity index is 1.94. The van der Waals surface area contributed by atoms with Gasteiger partial charge in [-0.1, -0.05) is 62.4 Å². The fraction of sp³-hybridized carbons (Fsp3) is 0.517. The molecule has 0 radical (unpaired) electrons. The number of benzene rings is 2. The van der Waals surface area contributed by atoms with E-state index in [1.165, 1.54) is 12.8 Å². The Kier molecular flexibility index (Phi) is 11.9. The molecule has 8 heteroatoms. The van der Waals surface area contributed by atoms with Crippen molar-refractivity contribution in [3.05, 3.63) is 58.6 Å². The number of carbonyl (C=O) groups excluding carboxylic acids is 2. The smallest absolute Gasteiger partial charge is 0.247 e. The van der Waals surface area contributed by atoms with Crippen molar-refractivity contribution < 1.29 is 19.1 Å². The largest absolute Gasteiger partial charge is 0.493 e. The van der Waals surface area contributed by atoms with Crippen molar-refractivity contribution in [2.75, 3.05) is 26.1 Å². The van der Waals surface area contributed by atoms with Crippen molar-refractivity contribution in [2.24, 2.45) is 0 Å². The fourth-order valence-electron chi connectivity index (χ4n) is 4.74. The molecule has 1 fully saturated rings. The molecular formula is C29H38Cl2N2O4. The zero-order valence-corrected chi connectivity index (χ0v) is 23.3. The van der Waals surface area contributed by atoms with Gasteiger partial charge in [0, 0.05) is 17.6 Å². The second-order valence-electron chi connectivity index (χ2n) is 9.46. The number of nitrogens with one attached hydrogen (secondary N) is 1. The van der Waals surface area contributed by atoms with Crippen LogP contribution in [0.25, 0.3) is 0 Å². The minimum atomic E-state index is -0.851. The van der Waals surface area contributed by atoms with E-state index in [4.69, 9.17) is 32.7 Å². The average Bonchev–Trinajstić information content (AvgIpc) is 3.18. The normalized spacial score (nSPS) is 14.9. The van der Waals surface area contributed by atoms with Crippen LogP contribution in [0.1, 0.15) is 69.0 Å². The molecule has 1 aliphatic rings. The molecule has 1 aliphatic carbocycles. The van der Waals surface area contributed by atoms with Crippen molar-refractivity contribution in [1.82, 2.24) is 10.2 Å². The molecule has 0 saturated heterocycles. The van der Waals surface area contributed by atoms with Crippen LogP contribution in [0.3, 0.4) is 0 Å². The molecule has 2 aromatic carbocycles. The standard InChI is InChI=1S/C29H38Cl2N2O4/c1-3-18-37-25-15-12-22(19-26(25)36-2)28(29(35)32-24-8-6-4-5-7-9-24)33(27(34)20-30)17-16-21-10-13-23(31)14-11-21/h10-15,19,24,28H,3-9,16-18,20H2,1-2H3,(H,32,35). The van der Waals surface area contributed by atoms with E-state index in [9.17, 15) is 9.59 Å². The lowest BCUT2D eigenvalue weighted by atomic mass is 10.0. The van der Waals surface area contributed by atoms with Crippen molar-refractivity contribution in [2.45, 2.75) is 70.4 Å². The molecule has 6 nitrogen and oxygen atoms in total. The number of amides is 2. The lowest BCUT2D eigenvalue weighted by molar-refractivity contribution is -0.139.